The molecule has 5 saturated heterocycles. The molecule has 10 nitrogen and oxygen atoms in total. The number of piperidine rings is 2. The zero-order chi connectivity index (χ0) is 27.0. The monoisotopic (exact) mass is 579 g/mol. The van der Waals surface area contributed by atoms with Gasteiger partial charge in [-0.05, 0) is 38.0 Å². The lowest BCUT2D eigenvalue weighted by molar-refractivity contribution is -0.133. The maximum atomic E-state index is 13.5. The van der Waals surface area contributed by atoms with Crippen LogP contribution in [0.4, 0.5) is 8.78 Å². The van der Waals surface area contributed by atoms with E-state index in [-0.39, 0.29) is 64.5 Å². The zero-order valence-electron chi connectivity index (χ0n) is 21.9. The molecule has 216 valence electrons. The third kappa shape index (κ3) is 6.40. The number of fused-ring (bicyclic) bond motifs is 1. The Hall–Kier alpha value is -0.800. The molecule has 0 saturated carbocycles. The highest BCUT2D eigenvalue weighted by atomic mass is 35.5. The lowest BCUT2D eigenvalue weighted by Crippen LogP contribution is -2.57. The second kappa shape index (κ2) is 12.4. The predicted molar refractivity (Wildman–Crippen MR) is 142 cm³/mol. The van der Waals surface area contributed by atoms with Crippen LogP contribution < -0.4 is 26.7 Å². The Balaban J connectivity index is 1.13. The number of hydrogen-bond acceptors (Lipinski definition) is 9. The maximum Gasteiger partial charge on any atom is 0.252 e. The number of thioether (sulfide) groups is 1. The lowest BCUT2D eigenvalue weighted by Gasteiger charge is -2.45. The molecule has 0 aromatic rings. The fraction of sp³-hybridized carbons (Fsp3) is 0.917. The van der Waals surface area contributed by atoms with Crippen molar-refractivity contribution in [2.45, 2.75) is 73.1 Å². The molecule has 10 atom stereocenters. The Labute approximate surface area is 232 Å². The summed E-state index contributed by atoms with van der Waals surface area (Å²) < 4.78 is 31.1. The summed E-state index contributed by atoms with van der Waals surface area (Å²) in [6.07, 6.45) is -0.228. The fourth-order valence-corrected chi connectivity index (χ4v) is 8.49. The predicted octanol–water partition coefficient (Wildman–Crippen LogP) is -0.0504. The molecule has 5 fully saturated rings. The van der Waals surface area contributed by atoms with E-state index in [1.54, 1.807) is 18.9 Å². The van der Waals surface area contributed by atoms with Crippen LogP contribution in [0.15, 0.2) is 0 Å². The van der Waals surface area contributed by atoms with Gasteiger partial charge < -0.3 is 20.3 Å². The molecule has 0 bridgehead atoms. The van der Waals surface area contributed by atoms with Gasteiger partial charge in [0.05, 0.1) is 24.1 Å². The van der Waals surface area contributed by atoms with Crippen molar-refractivity contribution in [1.82, 2.24) is 36.6 Å². The van der Waals surface area contributed by atoms with Crippen molar-refractivity contribution >= 4 is 35.2 Å². The Morgan fingerprint density at radius 2 is 2.00 bits per heavy atom. The first-order chi connectivity index (χ1) is 18.2. The molecule has 14 heteroatoms. The van der Waals surface area contributed by atoms with Gasteiger partial charge in [-0.3, -0.25) is 20.2 Å². The molecule has 5 N–H and O–H groups in total. The van der Waals surface area contributed by atoms with Crippen LogP contribution in [0.5, 0.6) is 0 Å². The smallest absolute Gasteiger partial charge is 0.252 e. The standard InChI is InChI=1S/C24H40ClF2N7O3S/c1-12-5-13(14-6-20(25)29-8-18(14)37-2)15(7-28-12)22(35)31-24-30-17-9-33(10-19(17)38-24)23(36)16-3-4-34(32-16)11-21(26)27/h12-21,24,28-30,32H,3-11H2,1-2H3,(H,31,35). The van der Waals surface area contributed by atoms with E-state index in [4.69, 9.17) is 16.3 Å². The van der Waals surface area contributed by atoms with Gasteiger partial charge in [0.1, 0.15) is 11.5 Å². The first-order valence-electron chi connectivity index (χ1n) is 13.7. The molecule has 10 unspecified atom stereocenters. The Morgan fingerprint density at radius 1 is 1.18 bits per heavy atom. The Morgan fingerprint density at radius 3 is 2.74 bits per heavy atom. The number of hydrazine groups is 1. The van der Waals surface area contributed by atoms with E-state index in [0.717, 1.165) is 12.8 Å². The van der Waals surface area contributed by atoms with Gasteiger partial charge in [0.25, 0.3) is 6.43 Å². The summed E-state index contributed by atoms with van der Waals surface area (Å²) in [4.78, 5) is 28.3. The minimum atomic E-state index is -2.43. The molecule has 0 aromatic carbocycles. The molecule has 38 heavy (non-hydrogen) atoms. The van der Waals surface area contributed by atoms with Crippen molar-refractivity contribution < 1.29 is 23.1 Å². The van der Waals surface area contributed by atoms with Gasteiger partial charge in [-0.1, -0.05) is 0 Å². The van der Waals surface area contributed by atoms with Crippen molar-refractivity contribution in [2.75, 3.05) is 46.4 Å². The summed E-state index contributed by atoms with van der Waals surface area (Å²) in [6.45, 7) is 4.64. The molecule has 0 aliphatic carbocycles. The highest BCUT2D eigenvalue weighted by molar-refractivity contribution is 8.00. The van der Waals surface area contributed by atoms with Crippen molar-refractivity contribution in [2.24, 2.45) is 17.8 Å². The van der Waals surface area contributed by atoms with Crippen LogP contribution in [-0.2, 0) is 14.3 Å². The van der Waals surface area contributed by atoms with Gasteiger partial charge in [-0.25, -0.2) is 19.2 Å². The van der Waals surface area contributed by atoms with Gasteiger partial charge in [0, 0.05) is 57.2 Å². The summed E-state index contributed by atoms with van der Waals surface area (Å²) >= 11 is 8.10. The van der Waals surface area contributed by atoms with E-state index in [1.807, 2.05) is 4.90 Å². The van der Waals surface area contributed by atoms with Crippen LogP contribution in [0.2, 0.25) is 0 Å². The highest BCUT2D eigenvalue weighted by Crippen LogP contribution is 2.38. The minimum Gasteiger partial charge on any atom is -0.380 e. The van der Waals surface area contributed by atoms with Crippen LogP contribution in [-0.4, -0.2) is 115 Å². The normalized spacial score (nSPS) is 42.0. The third-order valence-electron chi connectivity index (χ3n) is 8.73. The summed E-state index contributed by atoms with van der Waals surface area (Å²) in [6, 6.07) is -0.0546. The van der Waals surface area contributed by atoms with Gasteiger partial charge in [-0.2, -0.15) is 0 Å². The number of nitrogens with one attached hydrogen (secondary N) is 5. The maximum absolute atomic E-state index is 13.5. The Bertz CT molecular complexity index is 852. The number of alkyl halides is 3. The molecule has 5 aliphatic rings. The van der Waals surface area contributed by atoms with E-state index in [2.05, 4.69) is 33.6 Å². The molecule has 5 rings (SSSR count). The SMILES string of the molecule is COC1CNC(Cl)CC1C1CC(C)NCC1C(=O)NC1NC2CN(C(=O)C3CCN(CC(F)F)N3)CC2S1. The topological polar surface area (TPSA) is 110 Å². The van der Waals surface area contributed by atoms with E-state index >= 15 is 0 Å². The number of nitrogens with zero attached hydrogens (tertiary/aromatic N) is 2. The number of carbonyl (C=O) groups is 2. The molecular formula is C24H40ClF2N7O3S. The van der Waals surface area contributed by atoms with E-state index < -0.39 is 12.5 Å². The number of likely N-dealkylation sites (tertiary alicyclic amines) is 1. The first-order valence-corrected chi connectivity index (χ1v) is 15.0. The van der Waals surface area contributed by atoms with Gasteiger partial charge >= 0.3 is 0 Å². The average Bonchev–Trinajstić information content (AvgIpc) is 3.58. The van der Waals surface area contributed by atoms with Crippen LogP contribution in [0.3, 0.4) is 0 Å². The van der Waals surface area contributed by atoms with E-state index in [9.17, 15) is 18.4 Å². The van der Waals surface area contributed by atoms with E-state index in [0.29, 0.717) is 45.2 Å². The van der Waals surface area contributed by atoms with Gasteiger partial charge in [-0.15, -0.1) is 23.4 Å². The second-order valence-corrected chi connectivity index (χ2v) is 13.1. The number of rotatable bonds is 7. The number of carbonyl (C=O) groups excluding carboxylic acids is 2. The molecule has 0 radical (unpaired) electrons. The molecule has 5 heterocycles. The van der Waals surface area contributed by atoms with Crippen LogP contribution in [0, 0.1) is 17.8 Å². The fourth-order valence-electron chi connectivity index (χ4n) is 6.79. The Kier molecular flexibility index (Phi) is 9.35. The van der Waals surface area contributed by atoms with Crippen molar-refractivity contribution in [1.29, 1.82) is 0 Å². The zero-order valence-corrected chi connectivity index (χ0v) is 23.4. The largest absolute Gasteiger partial charge is 0.380 e. The molecule has 0 spiro atoms. The van der Waals surface area contributed by atoms with Gasteiger partial charge in [0.15, 0.2) is 0 Å². The highest BCUT2D eigenvalue weighted by Gasteiger charge is 2.47. The third-order valence-corrected chi connectivity index (χ3v) is 10.4. The van der Waals surface area contributed by atoms with Crippen LogP contribution >= 0.6 is 23.4 Å². The number of ether oxygens (including phenoxy) is 1. The molecule has 5 aliphatic heterocycles. The van der Waals surface area contributed by atoms with Crippen molar-refractivity contribution in [3.8, 4) is 0 Å². The first kappa shape index (κ1) is 28.7. The van der Waals surface area contributed by atoms with Crippen molar-refractivity contribution in [3.05, 3.63) is 0 Å². The lowest BCUT2D eigenvalue weighted by atomic mass is 9.70. The summed E-state index contributed by atoms with van der Waals surface area (Å²) in [5.74, 6) is 0.175. The molecular weight excluding hydrogens is 540 g/mol. The number of amides is 2. The minimum absolute atomic E-state index is 0.0225. The number of halogens is 3. The summed E-state index contributed by atoms with van der Waals surface area (Å²) in [5, 5.41) is 15.1. The number of hydrogen-bond donors (Lipinski definition) is 5. The average molecular weight is 580 g/mol. The van der Waals surface area contributed by atoms with Gasteiger partial charge in [0.2, 0.25) is 11.8 Å². The van der Waals surface area contributed by atoms with Crippen LogP contribution in [0.25, 0.3) is 0 Å². The van der Waals surface area contributed by atoms with Crippen LogP contribution in [0.1, 0.15) is 26.2 Å². The van der Waals surface area contributed by atoms with E-state index in [1.165, 1.54) is 5.01 Å². The summed E-state index contributed by atoms with van der Waals surface area (Å²) in [7, 11) is 1.72. The second-order valence-electron chi connectivity index (χ2n) is 11.3. The summed E-state index contributed by atoms with van der Waals surface area (Å²) in [5.41, 5.74) is 2.59. The quantitative estimate of drug-likeness (QED) is 0.209. The van der Waals surface area contributed by atoms with Crippen molar-refractivity contribution in [3.63, 3.8) is 0 Å². The molecule has 0 aromatic heterocycles. The number of methoxy groups -OCH3 is 1. The molecule has 2 amide bonds.